The van der Waals surface area contributed by atoms with E-state index in [0.717, 1.165) is 29.7 Å². The highest BCUT2D eigenvalue weighted by Crippen LogP contribution is 2.34. The third-order valence-electron chi connectivity index (χ3n) is 4.81. The first kappa shape index (κ1) is 16.5. The lowest BCUT2D eigenvalue weighted by Crippen LogP contribution is -2.43. The van der Waals surface area contributed by atoms with Crippen LogP contribution in [-0.2, 0) is 12.0 Å². The average Bonchev–Trinajstić information content (AvgIpc) is 3.18. The van der Waals surface area contributed by atoms with Gasteiger partial charge in [-0.3, -0.25) is 4.79 Å². The molecule has 0 fully saturated rings. The molecule has 26 heavy (non-hydrogen) atoms. The summed E-state index contributed by atoms with van der Waals surface area (Å²) in [5.74, 6) is -0.308. The number of para-hydroxylation sites is 1. The number of hydrogen-bond donors (Lipinski definition) is 2. The van der Waals surface area contributed by atoms with E-state index in [4.69, 9.17) is 0 Å². The molecule has 0 bridgehead atoms. The molecule has 0 saturated carbocycles. The van der Waals surface area contributed by atoms with Crippen molar-refractivity contribution in [3.05, 3.63) is 77.9 Å². The Hall–Kier alpha value is -2.99. The second-order valence-corrected chi connectivity index (χ2v) is 6.57. The smallest absolute Gasteiger partial charge is 0.291 e. The monoisotopic (exact) mass is 348 g/mol. The second kappa shape index (κ2) is 6.72. The number of amides is 1. The number of fused-ring (bicyclic) bond motifs is 1. The summed E-state index contributed by atoms with van der Waals surface area (Å²) in [4.78, 5) is 16.5. The highest BCUT2D eigenvalue weighted by Gasteiger charge is 2.34. The quantitative estimate of drug-likeness (QED) is 0.758. The Morgan fingerprint density at radius 3 is 2.77 bits per heavy atom. The fraction of sp³-hybridized carbons (Fsp3) is 0.250. The molecule has 1 atom stereocenters. The molecule has 0 spiro atoms. The van der Waals surface area contributed by atoms with Gasteiger partial charge in [-0.25, -0.2) is 9.67 Å². The van der Waals surface area contributed by atoms with Crippen molar-refractivity contribution < 1.29 is 9.90 Å². The van der Waals surface area contributed by atoms with E-state index in [-0.39, 0.29) is 12.4 Å². The van der Waals surface area contributed by atoms with Gasteiger partial charge in [0, 0.05) is 0 Å². The Morgan fingerprint density at radius 2 is 1.92 bits per heavy atom. The molecule has 1 aliphatic carbocycles. The minimum atomic E-state index is -1.05. The predicted molar refractivity (Wildman–Crippen MR) is 97.0 cm³/mol. The Balaban J connectivity index is 1.47. The standard InChI is InChI=1S/C20H20N4O2/c25-19(18-22-14-24(23-18)16-9-2-1-3-10-16)21-13-20(26)12-6-8-15-7-4-5-11-17(15)20/h1-5,7,9-11,14,26H,6,8,12-13H2,(H,21,25). The molecule has 6 nitrogen and oxygen atoms in total. The van der Waals surface area contributed by atoms with Gasteiger partial charge in [0.25, 0.3) is 5.91 Å². The van der Waals surface area contributed by atoms with Gasteiger partial charge in [-0.2, -0.15) is 0 Å². The normalized spacial score (nSPS) is 19.0. The summed E-state index contributed by atoms with van der Waals surface area (Å²) in [6, 6.07) is 17.3. The lowest BCUT2D eigenvalue weighted by Gasteiger charge is -2.34. The lowest BCUT2D eigenvalue weighted by atomic mass is 9.79. The van der Waals surface area contributed by atoms with E-state index < -0.39 is 11.5 Å². The average molecular weight is 348 g/mol. The number of carbonyl (C=O) groups is 1. The van der Waals surface area contributed by atoms with Crippen LogP contribution in [0, 0.1) is 0 Å². The maximum absolute atomic E-state index is 12.4. The third kappa shape index (κ3) is 3.11. The van der Waals surface area contributed by atoms with Gasteiger partial charge in [0.05, 0.1) is 12.2 Å². The van der Waals surface area contributed by atoms with Crippen LogP contribution in [0.2, 0.25) is 0 Å². The fourth-order valence-electron chi connectivity index (χ4n) is 3.46. The van der Waals surface area contributed by atoms with Crippen molar-refractivity contribution in [3.8, 4) is 5.69 Å². The summed E-state index contributed by atoms with van der Waals surface area (Å²) in [5, 5.41) is 18.1. The molecular weight excluding hydrogens is 328 g/mol. The lowest BCUT2D eigenvalue weighted by molar-refractivity contribution is 0.0188. The number of carbonyl (C=O) groups excluding carboxylic acids is 1. The molecule has 1 unspecified atom stereocenters. The molecule has 1 aromatic heterocycles. The molecule has 0 radical (unpaired) electrons. The Bertz CT molecular complexity index is 922. The van der Waals surface area contributed by atoms with Crippen molar-refractivity contribution in [2.45, 2.75) is 24.9 Å². The molecule has 4 rings (SSSR count). The van der Waals surface area contributed by atoms with Crippen LogP contribution in [-0.4, -0.2) is 32.3 Å². The van der Waals surface area contributed by atoms with Crippen LogP contribution in [0.4, 0.5) is 0 Å². The summed E-state index contributed by atoms with van der Waals surface area (Å²) in [7, 11) is 0. The number of hydrogen-bond acceptors (Lipinski definition) is 4. The number of aromatic nitrogens is 3. The van der Waals surface area contributed by atoms with Gasteiger partial charge in [-0.1, -0.05) is 42.5 Å². The van der Waals surface area contributed by atoms with Crippen molar-refractivity contribution in [1.29, 1.82) is 0 Å². The van der Waals surface area contributed by atoms with Crippen molar-refractivity contribution in [2.75, 3.05) is 6.54 Å². The van der Waals surface area contributed by atoms with Crippen molar-refractivity contribution in [2.24, 2.45) is 0 Å². The number of nitrogens with zero attached hydrogens (tertiary/aromatic N) is 3. The van der Waals surface area contributed by atoms with Gasteiger partial charge in [0.1, 0.15) is 11.9 Å². The minimum Gasteiger partial charge on any atom is -0.383 e. The number of aryl methyl sites for hydroxylation is 1. The molecular formula is C20H20N4O2. The predicted octanol–water partition coefficient (Wildman–Crippen LogP) is 2.22. The van der Waals surface area contributed by atoms with Crippen LogP contribution in [0.1, 0.15) is 34.6 Å². The number of nitrogens with one attached hydrogen (secondary N) is 1. The SMILES string of the molecule is O=C(NCC1(O)CCCc2ccccc21)c1ncn(-c2ccccc2)n1. The highest BCUT2D eigenvalue weighted by atomic mass is 16.3. The number of rotatable bonds is 4. The minimum absolute atomic E-state index is 0.0848. The van der Waals surface area contributed by atoms with E-state index >= 15 is 0 Å². The van der Waals surface area contributed by atoms with E-state index in [1.54, 1.807) is 4.68 Å². The molecule has 2 aromatic carbocycles. The van der Waals surface area contributed by atoms with Crippen molar-refractivity contribution in [1.82, 2.24) is 20.1 Å². The summed E-state index contributed by atoms with van der Waals surface area (Å²) >= 11 is 0. The van der Waals surface area contributed by atoms with Crippen LogP contribution in [0.3, 0.4) is 0 Å². The van der Waals surface area contributed by atoms with Crippen molar-refractivity contribution >= 4 is 5.91 Å². The zero-order valence-corrected chi connectivity index (χ0v) is 14.3. The summed E-state index contributed by atoms with van der Waals surface area (Å²) in [6.07, 6.45) is 3.98. The largest absolute Gasteiger partial charge is 0.383 e. The van der Waals surface area contributed by atoms with E-state index in [0.29, 0.717) is 6.42 Å². The van der Waals surface area contributed by atoms with Crippen LogP contribution in [0.25, 0.3) is 5.69 Å². The molecule has 1 heterocycles. The van der Waals surface area contributed by atoms with Crippen LogP contribution in [0.15, 0.2) is 60.9 Å². The van der Waals surface area contributed by atoms with Gasteiger partial charge < -0.3 is 10.4 Å². The van der Waals surface area contributed by atoms with Gasteiger partial charge in [-0.15, -0.1) is 5.10 Å². The molecule has 0 aliphatic heterocycles. The maximum atomic E-state index is 12.4. The zero-order valence-electron chi connectivity index (χ0n) is 14.3. The molecule has 132 valence electrons. The Morgan fingerprint density at radius 1 is 1.15 bits per heavy atom. The van der Waals surface area contributed by atoms with Crippen LogP contribution in [0.5, 0.6) is 0 Å². The van der Waals surface area contributed by atoms with E-state index in [2.05, 4.69) is 15.4 Å². The van der Waals surface area contributed by atoms with Crippen LogP contribution >= 0.6 is 0 Å². The Labute approximate surface area is 151 Å². The fourth-order valence-corrected chi connectivity index (χ4v) is 3.46. The van der Waals surface area contributed by atoms with E-state index in [9.17, 15) is 9.90 Å². The van der Waals surface area contributed by atoms with Gasteiger partial charge in [0.2, 0.25) is 5.82 Å². The first-order valence-electron chi connectivity index (χ1n) is 8.72. The first-order valence-corrected chi connectivity index (χ1v) is 8.72. The summed E-state index contributed by atoms with van der Waals surface area (Å²) in [5.41, 5.74) is 1.82. The molecule has 2 N–H and O–H groups in total. The molecule has 1 aliphatic rings. The summed E-state index contributed by atoms with van der Waals surface area (Å²) < 4.78 is 1.56. The highest BCUT2D eigenvalue weighted by molar-refractivity contribution is 5.90. The van der Waals surface area contributed by atoms with Crippen LogP contribution < -0.4 is 5.32 Å². The second-order valence-electron chi connectivity index (χ2n) is 6.57. The number of benzene rings is 2. The molecule has 6 heteroatoms. The topological polar surface area (TPSA) is 80.0 Å². The molecule has 3 aromatic rings. The molecule has 0 saturated heterocycles. The van der Waals surface area contributed by atoms with E-state index in [1.807, 2.05) is 54.6 Å². The first-order chi connectivity index (χ1) is 12.7. The van der Waals surface area contributed by atoms with Gasteiger partial charge in [-0.05, 0) is 42.5 Å². The van der Waals surface area contributed by atoms with E-state index in [1.165, 1.54) is 6.33 Å². The third-order valence-corrected chi connectivity index (χ3v) is 4.81. The van der Waals surface area contributed by atoms with Gasteiger partial charge >= 0.3 is 0 Å². The Kier molecular flexibility index (Phi) is 4.26. The maximum Gasteiger partial charge on any atom is 0.291 e. The zero-order chi connectivity index (χ0) is 18.0. The van der Waals surface area contributed by atoms with Gasteiger partial charge in [0.15, 0.2) is 0 Å². The number of aliphatic hydroxyl groups is 1. The molecule has 1 amide bonds. The van der Waals surface area contributed by atoms with Crippen molar-refractivity contribution in [3.63, 3.8) is 0 Å². The summed E-state index contributed by atoms with van der Waals surface area (Å²) in [6.45, 7) is 0.142.